The maximum absolute atomic E-state index is 10.0. The van der Waals surface area contributed by atoms with Gasteiger partial charge in [-0.25, -0.2) is 9.59 Å². The number of carbonyl (C=O) groups excluding carboxylic acids is 2. The second-order valence-corrected chi connectivity index (χ2v) is 2.92. The van der Waals surface area contributed by atoms with Crippen LogP contribution >= 0.6 is 9.24 Å². The van der Waals surface area contributed by atoms with E-state index >= 15 is 0 Å². The van der Waals surface area contributed by atoms with Gasteiger partial charge in [0.25, 0.3) is 0 Å². The molecule has 1 heterocycles. The summed E-state index contributed by atoms with van der Waals surface area (Å²) in [6.07, 6.45) is -1.16. The molecule has 1 aliphatic heterocycles. The second kappa shape index (κ2) is 15.9. The van der Waals surface area contributed by atoms with Gasteiger partial charge in [-0.3, -0.25) is 0 Å². The van der Waals surface area contributed by atoms with E-state index < -0.39 is 18.3 Å². The Morgan fingerprint density at radius 2 is 1.89 bits per heavy atom. The number of urea groups is 1. The Morgan fingerprint density at radius 1 is 1.56 bits per heavy atom. The zero-order valence-corrected chi connectivity index (χ0v) is 12.0. The molecular weight excluding hydrogens is 263 g/mol. The van der Waals surface area contributed by atoms with Crippen LogP contribution in [-0.4, -0.2) is 54.5 Å². The molecule has 0 aromatic rings. The Balaban J connectivity index is -0.000000183. The molecule has 8 nitrogen and oxygen atoms in total. The smallest absolute Gasteiger partial charge is 0.430 e. The first-order valence-electron chi connectivity index (χ1n) is 5.04. The minimum Gasteiger partial charge on any atom is -0.430 e. The third kappa shape index (κ3) is 29.4. The summed E-state index contributed by atoms with van der Waals surface area (Å²) in [5.74, 6) is 0. The molecule has 0 saturated carbocycles. The number of hydrogen-bond acceptors (Lipinski definition) is 6. The molecule has 0 aromatic heterocycles. The van der Waals surface area contributed by atoms with E-state index in [9.17, 15) is 4.79 Å². The van der Waals surface area contributed by atoms with Crippen LogP contribution < -0.4 is 11.5 Å². The van der Waals surface area contributed by atoms with Gasteiger partial charge in [-0.05, 0) is 13.8 Å². The predicted molar refractivity (Wildman–Crippen MR) is 70.1 cm³/mol. The maximum Gasteiger partial charge on any atom is 0.508 e. The monoisotopic (exact) mass is 286 g/mol. The Bertz CT molecular complexity index is 211. The lowest BCUT2D eigenvalue weighted by Crippen LogP contribution is -2.18. The van der Waals surface area contributed by atoms with E-state index in [1.54, 1.807) is 6.92 Å². The standard InChI is InChI=1S/C4H6O3.C3H8O2.CH4N2O.CH5P/c1-3-2-6-4(5)7-3;1-3(5)2-4;2-1(3)4;1-2/h3H,2H2,1H3;3-5H,2H2,1H3;(H4,2,3,4);2H2,1H3. The average molecular weight is 286 g/mol. The summed E-state index contributed by atoms with van der Waals surface area (Å²) in [6.45, 7) is 5.49. The second-order valence-electron chi connectivity index (χ2n) is 2.92. The first kappa shape index (κ1) is 22.1. The van der Waals surface area contributed by atoms with E-state index in [4.69, 9.17) is 15.0 Å². The van der Waals surface area contributed by atoms with Crippen LogP contribution in [0, 0.1) is 0 Å². The number of primary amides is 2. The van der Waals surface area contributed by atoms with Gasteiger partial charge in [-0.15, -0.1) is 9.24 Å². The Hall–Kier alpha value is -1.11. The molecule has 9 heteroatoms. The molecular formula is C9H23N2O6P. The van der Waals surface area contributed by atoms with Crippen molar-refractivity contribution < 1.29 is 29.3 Å². The predicted octanol–water partition coefficient (Wildman–Crippen LogP) is -0.584. The molecule has 1 rings (SSSR count). The largest absolute Gasteiger partial charge is 0.508 e. The van der Waals surface area contributed by atoms with Gasteiger partial charge in [0.15, 0.2) is 0 Å². The van der Waals surface area contributed by atoms with Crippen LogP contribution in [0.25, 0.3) is 0 Å². The molecule has 3 atom stereocenters. The van der Waals surface area contributed by atoms with E-state index in [2.05, 4.69) is 30.2 Å². The lowest BCUT2D eigenvalue weighted by Gasteiger charge is -1.90. The molecule has 0 radical (unpaired) electrons. The van der Waals surface area contributed by atoms with Gasteiger partial charge in [-0.1, -0.05) is 6.66 Å². The van der Waals surface area contributed by atoms with E-state index in [0.29, 0.717) is 6.61 Å². The quantitative estimate of drug-likeness (QED) is 0.374. The zero-order chi connectivity index (χ0) is 15.1. The lowest BCUT2D eigenvalue weighted by molar-refractivity contribution is 0.110. The Labute approximate surface area is 109 Å². The minimum atomic E-state index is -0.833. The van der Waals surface area contributed by atoms with Gasteiger partial charge in [0.2, 0.25) is 0 Å². The van der Waals surface area contributed by atoms with Crippen LogP contribution in [0.4, 0.5) is 9.59 Å². The van der Waals surface area contributed by atoms with Gasteiger partial charge in [0, 0.05) is 0 Å². The third-order valence-electron chi connectivity index (χ3n) is 0.998. The minimum absolute atomic E-state index is 0.0486. The van der Waals surface area contributed by atoms with Crippen molar-refractivity contribution in [3.05, 3.63) is 0 Å². The zero-order valence-electron chi connectivity index (χ0n) is 10.8. The number of aliphatic hydroxyl groups excluding tert-OH is 2. The van der Waals surface area contributed by atoms with Crippen molar-refractivity contribution in [3.63, 3.8) is 0 Å². The summed E-state index contributed by atoms with van der Waals surface area (Å²) in [4.78, 5) is 19.0. The van der Waals surface area contributed by atoms with E-state index in [-0.39, 0.29) is 12.7 Å². The highest BCUT2D eigenvalue weighted by atomic mass is 31.0. The number of ether oxygens (including phenoxy) is 2. The SMILES string of the molecule is CC(O)CO.CC1COC(=O)O1.CP.NC(N)=O. The Morgan fingerprint density at radius 3 is 1.94 bits per heavy atom. The fourth-order valence-electron chi connectivity index (χ4n) is 0.418. The van der Waals surface area contributed by atoms with Crippen LogP contribution in [0.3, 0.4) is 0 Å². The summed E-state index contributed by atoms with van der Waals surface area (Å²) in [5.41, 5.74) is 8.50. The van der Waals surface area contributed by atoms with Crippen LogP contribution in [0.5, 0.6) is 0 Å². The molecule has 1 saturated heterocycles. The number of rotatable bonds is 1. The molecule has 1 aliphatic rings. The van der Waals surface area contributed by atoms with Gasteiger partial charge < -0.3 is 31.2 Å². The van der Waals surface area contributed by atoms with Crippen molar-refractivity contribution in [1.82, 2.24) is 0 Å². The number of amides is 2. The van der Waals surface area contributed by atoms with E-state index in [0.717, 1.165) is 0 Å². The van der Waals surface area contributed by atoms with Crippen molar-refractivity contribution >= 4 is 21.4 Å². The van der Waals surface area contributed by atoms with Gasteiger partial charge >= 0.3 is 12.2 Å². The molecule has 0 aromatic carbocycles. The first-order chi connectivity index (χ1) is 8.29. The molecule has 6 N–H and O–H groups in total. The van der Waals surface area contributed by atoms with Gasteiger partial charge in [0.1, 0.15) is 12.7 Å². The number of nitrogens with two attached hydrogens (primary N) is 2. The number of carbonyl (C=O) groups is 2. The number of cyclic esters (lactones) is 2. The molecule has 2 amide bonds. The summed E-state index contributed by atoms with van der Waals surface area (Å²) >= 11 is 0. The average Bonchev–Trinajstić information content (AvgIpc) is 2.65. The van der Waals surface area contributed by atoms with Crippen molar-refractivity contribution in [1.29, 1.82) is 0 Å². The molecule has 110 valence electrons. The highest BCUT2D eigenvalue weighted by molar-refractivity contribution is 7.15. The fourth-order valence-corrected chi connectivity index (χ4v) is 0.418. The van der Waals surface area contributed by atoms with Crippen molar-refractivity contribution in [2.75, 3.05) is 19.9 Å². The van der Waals surface area contributed by atoms with Gasteiger partial charge in [0.05, 0.1) is 12.7 Å². The highest BCUT2D eigenvalue weighted by Gasteiger charge is 2.19. The molecule has 0 bridgehead atoms. The van der Waals surface area contributed by atoms with Crippen LogP contribution in [0.2, 0.25) is 0 Å². The summed E-state index contributed by atoms with van der Waals surface area (Å²) in [7, 11) is 2.42. The van der Waals surface area contributed by atoms with Crippen molar-refractivity contribution in [3.8, 4) is 0 Å². The number of aliphatic hydroxyl groups is 2. The summed E-state index contributed by atoms with van der Waals surface area (Å²) < 4.78 is 8.90. The fraction of sp³-hybridized carbons (Fsp3) is 0.778. The Kier molecular flexibility index (Phi) is 19.5. The molecule has 3 unspecified atom stereocenters. The van der Waals surface area contributed by atoms with Crippen molar-refractivity contribution in [2.45, 2.75) is 26.1 Å². The van der Waals surface area contributed by atoms with E-state index in [1.165, 1.54) is 6.92 Å². The normalized spacial score (nSPS) is 17.2. The topological polar surface area (TPSA) is 145 Å². The van der Waals surface area contributed by atoms with E-state index in [1.807, 2.05) is 6.66 Å². The molecule has 0 spiro atoms. The van der Waals surface area contributed by atoms with Crippen LogP contribution in [0.1, 0.15) is 13.8 Å². The van der Waals surface area contributed by atoms with Gasteiger partial charge in [-0.2, -0.15) is 0 Å². The van der Waals surface area contributed by atoms with Crippen LogP contribution in [-0.2, 0) is 9.47 Å². The lowest BCUT2D eigenvalue weighted by atomic mass is 10.5. The highest BCUT2D eigenvalue weighted by Crippen LogP contribution is 2.02. The van der Waals surface area contributed by atoms with Crippen molar-refractivity contribution in [2.24, 2.45) is 11.5 Å². The first-order valence-corrected chi connectivity index (χ1v) is 6.20. The third-order valence-corrected chi connectivity index (χ3v) is 0.998. The van der Waals surface area contributed by atoms with Crippen LogP contribution in [0.15, 0.2) is 0 Å². The molecule has 1 fully saturated rings. The number of hydrogen-bond donors (Lipinski definition) is 4. The molecule has 18 heavy (non-hydrogen) atoms. The summed E-state index contributed by atoms with van der Waals surface area (Å²) in [5, 5.41) is 16.0. The molecule has 0 aliphatic carbocycles. The summed E-state index contributed by atoms with van der Waals surface area (Å²) in [6, 6.07) is -0.833. The maximum atomic E-state index is 10.0.